The zero-order valence-electron chi connectivity index (χ0n) is 10.3. The lowest BCUT2D eigenvalue weighted by Crippen LogP contribution is -1.99. The first-order valence-corrected chi connectivity index (χ1v) is 6.80. The molecule has 2 atom stereocenters. The Morgan fingerprint density at radius 3 is 2.72 bits per heavy atom. The highest BCUT2D eigenvalue weighted by Gasteiger charge is 2.43. The smallest absolute Gasteiger partial charge is 0.136 e. The summed E-state index contributed by atoms with van der Waals surface area (Å²) < 4.78 is 0. The van der Waals surface area contributed by atoms with Crippen LogP contribution in [0.25, 0.3) is 10.8 Å². The van der Waals surface area contributed by atoms with Crippen molar-refractivity contribution in [1.82, 2.24) is 0 Å². The maximum atomic E-state index is 11.7. The molecular formula is C16H15ClO. The van der Waals surface area contributed by atoms with Crippen molar-refractivity contribution in [1.29, 1.82) is 0 Å². The van der Waals surface area contributed by atoms with Crippen LogP contribution in [0.2, 0.25) is 5.02 Å². The molecule has 0 heterocycles. The second-order valence-electron chi connectivity index (χ2n) is 4.95. The average Bonchev–Trinajstić information content (AvgIpc) is 3.18. The largest absolute Gasteiger partial charge is 0.299 e. The number of Topliss-reactive ketones (excluding diaryl/α,β-unsaturated/α-hetero) is 1. The predicted octanol–water partition coefficient (Wildman–Crippen LogP) is 4.58. The summed E-state index contributed by atoms with van der Waals surface area (Å²) in [7, 11) is 0. The lowest BCUT2D eigenvalue weighted by atomic mass is 9.99. The normalized spacial score (nSPS) is 22.1. The van der Waals surface area contributed by atoms with E-state index in [1.165, 1.54) is 10.9 Å². The number of hydrogen-bond donors (Lipinski definition) is 0. The van der Waals surface area contributed by atoms with Crippen LogP contribution in [0.5, 0.6) is 0 Å². The summed E-state index contributed by atoms with van der Waals surface area (Å²) in [6.45, 7) is 1.94. The van der Waals surface area contributed by atoms with Crippen LogP contribution in [-0.4, -0.2) is 5.78 Å². The SMILES string of the molecule is CCC(=O)C1CC1c1cccc2c(Cl)cccc12. The Labute approximate surface area is 112 Å². The van der Waals surface area contributed by atoms with E-state index in [1.54, 1.807) is 0 Å². The van der Waals surface area contributed by atoms with Gasteiger partial charge in [0.15, 0.2) is 0 Å². The van der Waals surface area contributed by atoms with E-state index >= 15 is 0 Å². The zero-order valence-corrected chi connectivity index (χ0v) is 11.1. The van der Waals surface area contributed by atoms with Crippen molar-refractivity contribution < 1.29 is 4.79 Å². The van der Waals surface area contributed by atoms with Gasteiger partial charge in [0.2, 0.25) is 0 Å². The summed E-state index contributed by atoms with van der Waals surface area (Å²) in [6, 6.07) is 12.2. The summed E-state index contributed by atoms with van der Waals surface area (Å²) in [6.07, 6.45) is 1.64. The Hall–Kier alpha value is -1.34. The molecule has 0 aliphatic heterocycles. The minimum Gasteiger partial charge on any atom is -0.299 e. The summed E-state index contributed by atoms with van der Waals surface area (Å²) in [4.78, 5) is 11.7. The van der Waals surface area contributed by atoms with Crippen LogP contribution < -0.4 is 0 Å². The molecule has 3 rings (SSSR count). The number of carbonyl (C=O) groups is 1. The first-order valence-electron chi connectivity index (χ1n) is 6.42. The third-order valence-electron chi connectivity index (χ3n) is 3.85. The second kappa shape index (κ2) is 4.40. The van der Waals surface area contributed by atoms with Crippen molar-refractivity contribution in [3.8, 4) is 0 Å². The molecule has 0 amide bonds. The number of hydrogen-bond acceptors (Lipinski definition) is 1. The summed E-state index contributed by atoms with van der Waals surface area (Å²) in [5.41, 5.74) is 1.28. The van der Waals surface area contributed by atoms with E-state index in [9.17, 15) is 4.79 Å². The molecule has 1 fully saturated rings. The standard InChI is InChI=1S/C16H15ClO/c1-2-16(18)14-9-13(14)11-5-3-7-12-10(11)6-4-8-15(12)17/h3-8,13-14H,2,9H2,1H3. The van der Waals surface area contributed by atoms with E-state index in [4.69, 9.17) is 11.6 Å². The number of ketones is 1. The Balaban J connectivity index is 2.04. The Bertz CT molecular complexity index is 618. The van der Waals surface area contributed by atoms with Crippen LogP contribution in [0.4, 0.5) is 0 Å². The van der Waals surface area contributed by atoms with E-state index < -0.39 is 0 Å². The number of benzene rings is 2. The summed E-state index contributed by atoms with van der Waals surface area (Å²) >= 11 is 6.21. The third-order valence-corrected chi connectivity index (χ3v) is 4.18. The highest BCUT2D eigenvalue weighted by Crippen LogP contribution is 2.50. The fourth-order valence-electron chi connectivity index (χ4n) is 2.78. The Kier molecular flexibility index (Phi) is 2.87. The van der Waals surface area contributed by atoms with Gasteiger partial charge in [-0.1, -0.05) is 48.9 Å². The van der Waals surface area contributed by atoms with Crippen LogP contribution in [0.15, 0.2) is 36.4 Å². The summed E-state index contributed by atoms with van der Waals surface area (Å²) in [5, 5.41) is 3.07. The van der Waals surface area contributed by atoms with Gasteiger partial charge in [0.05, 0.1) is 0 Å². The monoisotopic (exact) mass is 258 g/mol. The van der Waals surface area contributed by atoms with Crippen LogP contribution in [0.3, 0.4) is 0 Å². The molecule has 2 aromatic rings. The topological polar surface area (TPSA) is 17.1 Å². The number of halogens is 1. The van der Waals surface area contributed by atoms with Gasteiger partial charge in [-0.25, -0.2) is 0 Å². The zero-order chi connectivity index (χ0) is 12.7. The fourth-order valence-corrected chi connectivity index (χ4v) is 3.01. The van der Waals surface area contributed by atoms with Gasteiger partial charge >= 0.3 is 0 Å². The number of rotatable bonds is 3. The molecule has 0 spiro atoms. The predicted molar refractivity (Wildman–Crippen MR) is 75.1 cm³/mol. The molecular weight excluding hydrogens is 244 g/mol. The minimum absolute atomic E-state index is 0.236. The number of carbonyl (C=O) groups excluding carboxylic acids is 1. The van der Waals surface area contributed by atoms with Crippen molar-refractivity contribution in [2.75, 3.05) is 0 Å². The van der Waals surface area contributed by atoms with Crippen LogP contribution in [0.1, 0.15) is 31.2 Å². The molecule has 92 valence electrons. The van der Waals surface area contributed by atoms with Gasteiger partial charge in [-0.05, 0) is 29.4 Å². The maximum absolute atomic E-state index is 11.7. The van der Waals surface area contributed by atoms with Gasteiger partial charge in [-0.15, -0.1) is 0 Å². The molecule has 2 unspecified atom stereocenters. The van der Waals surface area contributed by atoms with E-state index in [0.717, 1.165) is 16.8 Å². The van der Waals surface area contributed by atoms with Gasteiger partial charge < -0.3 is 0 Å². The van der Waals surface area contributed by atoms with E-state index in [2.05, 4.69) is 12.1 Å². The molecule has 0 N–H and O–H groups in total. The number of fused-ring (bicyclic) bond motifs is 1. The lowest BCUT2D eigenvalue weighted by Gasteiger charge is -2.07. The first kappa shape index (κ1) is 11.7. The van der Waals surface area contributed by atoms with Crippen LogP contribution >= 0.6 is 11.6 Å². The van der Waals surface area contributed by atoms with E-state index in [1.807, 2.05) is 31.2 Å². The molecule has 1 aliphatic carbocycles. The highest BCUT2D eigenvalue weighted by molar-refractivity contribution is 6.35. The van der Waals surface area contributed by atoms with Gasteiger partial charge in [-0.3, -0.25) is 4.79 Å². The quantitative estimate of drug-likeness (QED) is 0.788. The molecule has 0 aromatic heterocycles. The van der Waals surface area contributed by atoms with Crippen molar-refractivity contribution in [2.45, 2.75) is 25.7 Å². The second-order valence-corrected chi connectivity index (χ2v) is 5.36. The highest BCUT2D eigenvalue weighted by atomic mass is 35.5. The Morgan fingerprint density at radius 2 is 1.94 bits per heavy atom. The molecule has 1 nitrogen and oxygen atoms in total. The molecule has 2 heteroatoms. The van der Waals surface area contributed by atoms with E-state index in [0.29, 0.717) is 18.1 Å². The summed E-state index contributed by atoms with van der Waals surface area (Å²) in [5.74, 6) is 1.03. The molecule has 2 aromatic carbocycles. The molecule has 1 aliphatic rings. The maximum Gasteiger partial charge on any atom is 0.136 e. The van der Waals surface area contributed by atoms with Crippen molar-refractivity contribution in [3.05, 3.63) is 47.0 Å². The van der Waals surface area contributed by atoms with Crippen molar-refractivity contribution >= 4 is 28.2 Å². The van der Waals surface area contributed by atoms with Crippen molar-refractivity contribution in [2.24, 2.45) is 5.92 Å². The molecule has 1 saturated carbocycles. The third kappa shape index (κ3) is 1.83. The van der Waals surface area contributed by atoms with E-state index in [-0.39, 0.29) is 5.92 Å². The molecule has 0 bridgehead atoms. The lowest BCUT2D eigenvalue weighted by molar-refractivity contribution is -0.120. The van der Waals surface area contributed by atoms with Gasteiger partial charge in [-0.2, -0.15) is 0 Å². The average molecular weight is 259 g/mol. The van der Waals surface area contributed by atoms with Gasteiger partial charge in [0, 0.05) is 22.7 Å². The first-order chi connectivity index (χ1) is 8.72. The molecule has 0 saturated heterocycles. The Morgan fingerprint density at radius 1 is 1.22 bits per heavy atom. The van der Waals surface area contributed by atoms with Gasteiger partial charge in [0.1, 0.15) is 5.78 Å². The minimum atomic E-state index is 0.236. The fraction of sp³-hybridized carbons (Fsp3) is 0.312. The van der Waals surface area contributed by atoms with Crippen LogP contribution in [-0.2, 0) is 4.79 Å². The van der Waals surface area contributed by atoms with Crippen molar-refractivity contribution in [3.63, 3.8) is 0 Å². The molecule has 18 heavy (non-hydrogen) atoms. The molecule has 0 radical (unpaired) electrons. The van der Waals surface area contributed by atoms with Crippen LogP contribution in [0, 0.1) is 5.92 Å². The van der Waals surface area contributed by atoms with Gasteiger partial charge in [0.25, 0.3) is 0 Å².